The van der Waals surface area contributed by atoms with Crippen LogP contribution in [0.4, 0.5) is 13.2 Å². The lowest BCUT2D eigenvalue weighted by molar-refractivity contribution is -0.227. The number of halogens is 3. The number of carbonyl (C=O) groups is 2. The van der Waals surface area contributed by atoms with E-state index in [0.717, 1.165) is 31.4 Å². The number of imidazole rings is 1. The van der Waals surface area contributed by atoms with Crippen molar-refractivity contribution in [1.82, 2.24) is 19.2 Å². The van der Waals surface area contributed by atoms with Crippen molar-refractivity contribution in [2.75, 3.05) is 6.61 Å². The van der Waals surface area contributed by atoms with Crippen LogP contribution in [-0.4, -0.2) is 68.6 Å². The van der Waals surface area contributed by atoms with Gasteiger partial charge in [-0.1, -0.05) is 37.8 Å². The summed E-state index contributed by atoms with van der Waals surface area (Å²) >= 11 is -1.69. The highest BCUT2D eigenvalue weighted by Gasteiger charge is 2.47. The van der Waals surface area contributed by atoms with Crippen molar-refractivity contribution >= 4 is 42.3 Å². The van der Waals surface area contributed by atoms with Crippen molar-refractivity contribution < 1.29 is 36.8 Å². The molecule has 0 spiro atoms. The minimum Gasteiger partial charge on any atom is -0.598 e. The van der Waals surface area contributed by atoms with Gasteiger partial charge >= 0.3 is 6.18 Å². The SMILES string of the molecule is C[C@H](O[C@H](C)[C@H](N[S+]([O-])C(C)(C)C)c1nc2cc([C@@H](C3CC3)N3C(=O)c4ccccc4C3=O)ccc2n1COCC[Si](C)(C)C)C(F)(F)F. The van der Waals surface area contributed by atoms with Crippen LogP contribution in [-0.2, 0) is 27.6 Å². The Balaban J connectivity index is 1.58. The topological polar surface area (TPSA) is 109 Å². The molecule has 1 unspecified atom stereocenters. The van der Waals surface area contributed by atoms with Crippen LogP contribution in [0.15, 0.2) is 42.5 Å². The number of hydrogen-bond donors (Lipinski definition) is 1. The predicted octanol–water partition coefficient (Wildman–Crippen LogP) is 7.54. The van der Waals surface area contributed by atoms with Gasteiger partial charge < -0.3 is 18.6 Å². The Kier molecular flexibility index (Phi) is 10.8. The molecule has 0 radical (unpaired) electrons. The Labute approximate surface area is 290 Å². The highest BCUT2D eigenvalue weighted by molar-refractivity contribution is 7.90. The molecule has 1 saturated carbocycles. The lowest BCUT2D eigenvalue weighted by Crippen LogP contribution is -2.47. The van der Waals surface area contributed by atoms with Gasteiger partial charge in [-0.05, 0) is 89.3 Å². The fraction of sp³-hybridized carbons (Fsp3) is 0.571. The summed E-state index contributed by atoms with van der Waals surface area (Å²) in [6, 6.07) is 11.7. The molecule has 2 aromatic carbocycles. The van der Waals surface area contributed by atoms with Crippen molar-refractivity contribution in [3.8, 4) is 0 Å². The normalized spacial score (nSPS) is 18.9. The second-order valence-electron chi connectivity index (χ2n) is 15.3. The van der Waals surface area contributed by atoms with Crippen molar-refractivity contribution in [3.05, 3.63) is 65.0 Å². The van der Waals surface area contributed by atoms with E-state index in [4.69, 9.17) is 14.5 Å². The van der Waals surface area contributed by atoms with Crippen molar-refractivity contribution in [1.29, 1.82) is 0 Å². The van der Waals surface area contributed by atoms with Crippen LogP contribution in [0.2, 0.25) is 25.7 Å². The molecule has 1 N–H and O–H groups in total. The summed E-state index contributed by atoms with van der Waals surface area (Å²) in [5, 5.41) is 0. The molecule has 0 saturated heterocycles. The average molecular weight is 721 g/mol. The fourth-order valence-electron chi connectivity index (χ4n) is 5.89. The highest BCUT2D eigenvalue weighted by Crippen LogP contribution is 2.47. The van der Waals surface area contributed by atoms with Crippen LogP contribution in [0.3, 0.4) is 0 Å². The largest absolute Gasteiger partial charge is 0.598 e. The van der Waals surface area contributed by atoms with E-state index in [1.54, 1.807) is 49.6 Å². The van der Waals surface area contributed by atoms with Gasteiger partial charge in [-0.3, -0.25) is 14.5 Å². The van der Waals surface area contributed by atoms with Crippen LogP contribution in [0.1, 0.15) is 91.6 Å². The minimum atomic E-state index is -4.60. The molecule has 49 heavy (non-hydrogen) atoms. The zero-order valence-corrected chi connectivity index (χ0v) is 31.2. The second-order valence-corrected chi connectivity index (χ2v) is 22.9. The van der Waals surface area contributed by atoms with Gasteiger partial charge in [0.15, 0.2) is 6.10 Å². The Hall–Kier alpha value is -2.75. The molecule has 268 valence electrons. The number of nitrogens with one attached hydrogen (secondary N) is 1. The van der Waals surface area contributed by atoms with Gasteiger partial charge in [0.2, 0.25) is 0 Å². The number of carbonyl (C=O) groups excluding carboxylic acids is 2. The van der Waals surface area contributed by atoms with Crippen LogP contribution in [0.25, 0.3) is 11.0 Å². The van der Waals surface area contributed by atoms with Crippen LogP contribution < -0.4 is 4.72 Å². The molecule has 5 atom stereocenters. The molecular weight excluding hydrogens is 674 g/mol. The molecule has 1 fully saturated rings. The van der Waals surface area contributed by atoms with E-state index in [1.807, 2.05) is 18.2 Å². The predicted molar refractivity (Wildman–Crippen MR) is 186 cm³/mol. The highest BCUT2D eigenvalue weighted by atomic mass is 32.2. The molecule has 14 heteroatoms. The monoisotopic (exact) mass is 720 g/mol. The maximum Gasteiger partial charge on any atom is 0.414 e. The summed E-state index contributed by atoms with van der Waals surface area (Å²) < 4.78 is 70.1. The summed E-state index contributed by atoms with van der Waals surface area (Å²) in [7, 11) is -1.43. The first kappa shape index (κ1) is 37.5. The molecule has 5 rings (SSSR count). The molecule has 2 amide bonds. The summed E-state index contributed by atoms with van der Waals surface area (Å²) in [5.41, 5.74) is 2.65. The number of hydrogen-bond acceptors (Lipinski definition) is 7. The fourth-order valence-corrected chi connectivity index (χ4v) is 7.53. The van der Waals surface area contributed by atoms with E-state index >= 15 is 0 Å². The number of aromatic nitrogens is 2. The Morgan fingerprint density at radius 3 is 2.18 bits per heavy atom. The first-order valence-electron chi connectivity index (χ1n) is 16.7. The lowest BCUT2D eigenvalue weighted by Gasteiger charge is -2.32. The second kappa shape index (κ2) is 14.1. The molecule has 2 aliphatic rings. The van der Waals surface area contributed by atoms with Crippen molar-refractivity contribution in [2.24, 2.45) is 5.92 Å². The summed E-state index contributed by atoms with van der Waals surface area (Å²) in [4.78, 5) is 33.4. The number of fused-ring (bicyclic) bond motifs is 2. The molecular formula is C35H47F3N4O5SSi. The maximum absolute atomic E-state index is 13.6. The van der Waals surface area contributed by atoms with Gasteiger partial charge in [-0.2, -0.15) is 13.2 Å². The van der Waals surface area contributed by atoms with E-state index in [9.17, 15) is 27.3 Å². The number of nitrogens with zero attached hydrogens (tertiary/aromatic N) is 3. The molecule has 1 aliphatic heterocycles. The zero-order chi connectivity index (χ0) is 36.1. The summed E-state index contributed by atoms with van der Waals surface area (Å²) in [6.07, 6.45) is -6.06. The van der Waals surface area contributed by atoms with Gasteiger partial charge in [-0.15, -0.1) is 4.72 Å². The van der Waals surface area contributed by atoms with E-state index in [0.29, 0.717) is 34.6 Å². The number of alkyl halides is 3. The van der Waals surface area contributed by atoms with E-state index in [1.165, 1.54) is 11.8 Å². The maximum atomic E-state index is 13.6. The van der Waals surface area contributed by atoms with Gasteiger partial charge in [0.1, 0.15) is 23.3 Å². The molecule has 2 heterocycles. The molecule has 9 nitrogen and oxygen atoms in total. The molecule has 1 aliphatic carbocycles. The third-order valence-corrected chi connectivity index (χ3v) is 12.2. The summed E-state index contributed by atoms with van der Waals surface area (Å²) in [5.74, 6) is -0.271. The lowest BCUT2D eigenvalue weighted by atomic mass is 10.00. The van der Waals surface area contributed by atoms with E-state index in [2.05, 4.69) is 24.4 Å². The Morgan fingerprint density at radius 2 is 1.65 bits per heavy atom. The van der Waals surface area contributed by atoms with Crippen LogP contribution in [0.5, 0.6) is 0 Å². The number of rotatable bonds is 14. The number of ether oxygens (including phenoxy) is 2. The molecule has 1 aromatic heterocycles. The Morgan fingerprint density at radius 1 is 1.04 bits per heavy atom. The quantitative estimate of drug-likeness (QED) is 0.0794. The van der Waals surface area contributed by atoms with E-state index < -0.39 is 54.7 Å². The smallest absolute Gasteiger partial charge is 0.414 e. The third kappa shape index (κ3) is 8.42. The van der Waals surface area contributed by atoms with Gasteiger partial charge in [0, 0.05) is 26.0 Å². The Bertz CT molecular complexity index is 1650. The molecule has 0 bridgehead atoms. The number of benzene rings is 2. The average Bonchev–Trinajstić information content (AvgIpc) is 3.73. The van der Waals surface area contributed by atoms with Crippen LogP contribution in [0, 0.1) is 5.92 Å². The van der Waals surface area contributed by atoms with Crippen molar-refractivity contribution in [3.63, 3.8) is 0 Å². The number of imide groups is 1. The van der Waals surface area contributed by atoms with Gasteiger partial charge in [0.25, 0.3) is 11.8 Å². The summed E-state index contributed by atoms with van der Waals surface area (Å²) in [6.45, 7) is 15.0. The minimum absolute atomic E-state index is 0.0575. The molecule has 3 aromatic rings. The standard InChI is InChI=1S/C35H47F3N4O5SSi/c1-21(47-22(2)35(36,37)38)29(40-48(45)34(3,4)5)31-39-27-19-24(15-16-28(27)41(31)20-46-17-18-49(6,7)8)30(23-13-14-23)42-32(43)25-11-9-10-12-26(25)33(42)44/h9-12,15-16,19,21-23,29-30,40H,13-14,17-18,20H2,1-8H3/t21-,22+,29+,30-,48?/m1/s1. The van der Waals surface area contributed by atoms with E-state index in [-0.39, 0.29) is 24.5 Å². The number of amides is 2. The first-order valence-corrected chi connectivity index (χ1v) is 21.6. The first-order chi connectivity index (χ1) is 22.8. The van der Waals surface area contributed by atoms with Gasteiger partial charge in [0.05, 0.1) is 34.3 Å². The van der Waals surface area contributed by atoms with Gasteiger partial charge in [-0.25, -0.2) is 4.98 Å². The van der Waals surface area contributed by atoms with Crippen LogP contribution >= 0.6 is 0 Å². The zero-order valence-electron chi connectivity index (χ0n) is 29.4. The third-order valence-electron chi connectivity index (χ3n) is 8.95. The van der Waals surface area contributed by atoms with Crippen molar-refractivity contribution in [2.45, 2.75) is 115 Å².